The summed E-state index contributed by atoms with van der Waals surface area (Å²) < 4.78 is 0. The van der Waals surface area contributed by atoms with E-state index in [1.807, 2.05) is 35.7 Å². The highest BCUT2D eigenvalue weighted by atomic mass is 32.1. The molecule has 0 aliphatic carbocycles. The van der Waals surface area contributed by atoms with Gasteiger partial charge in [0.1, 0.15) is 22.5 Å². The van der Waals surface area contributed by atoms with Gasteiger partial charge >= 0.3 is 11.9 Å². The molecule has 8 heteroatoms. The van der Waals surface area contributed by atoms with Crippen LogP contribution in [0.4, 0.5) is 5.82 Å². The second-order valence-corrected chi connectivity index (χ2v) is 6.31. The summed E-state index contributed by atoms with van der Waals surface area (Å²) in [5.41, 5.74) is 1.83. The van der Waals surface area contributed by atoms with Crippen LogP contribution >= 0.6 is 11.3 Å². The highest BCUT2D eigenvalue weighted by Crippen LogP contribution is 2.37. The van der Waals surface area contributed by atoms with Crippen LogP contribution in [0.3, 0.4) is 0 Å². The number of carboxylic acid groups (broad SMARTS) is 2. The van der Waals surface area contributed by atoms with E-state index in [2.05, 4.69) is 15.3 Å². The lowest BCUT2D eigenvalue weighted by Gasteiger charge is -2.15. The number of carboxylic acids is 2. The van der Waals surface area contributed by atoms with E-state index >= 15 is 0 Å². The van der Waals surface area contributed by atoms with E-state index in [-0.39, 0.29) is 0 Å². The normalized spacial score (nSPS) is 12.0. The number of rotatable bonds is 6. The van der Waals surface area contributed by atoms with Crippen LogP contribution in [0.1, 0.15) is 12.2 Å². The highest BCUT2D eigenvalue weighted by Gasteiger charge is 2.24. The van der Waals surface area contributed by atoms with E-state index in [0.29, 0.717) is 21.9 Å². The first-order chi connectivity index (χ1) is 12.0. The van der Waals surface area contributed by atoms with Gasteiger partial charge in [-0.05, 0) is 12.5 Å². The summed E-state index contributed by atoms with van der Waals surface area (Å²) >= 11 is 1.43. The second kappa shape index (κ2) is 6.86. The minimum atomic E-state index is -1.28. The van der Waals surface area contributed by atoms with Crippen LogP contribution in [0.25, 0.3) is 21.3 Å². The molecule has 7 nitrogen and oxygen atoms in total. The largest absolute Gasteiger partial charge is 0.481 e. The summed E-state index contributed by atoms with van der Waals surface area (Å²) in [6, 6.07) is 8.33. The van der Waals surface area contributed by atoms with Crippen molar-refractivity contribution >= 4 is 39.3 Å². The maximum atomic E-state index is 11.4. The quantitative estimate of drug-likeness (QED) is 0.621. The molecule has 1 atom stereocenters. The van der Waals surface area contributed by atoms with Crippen molar-refractivity contribution in [3.05, 3.63) is 41.5 Å². The molecule has 128 valence electrons. The lowest BCUT2D eigenvalue weighted by molar-refractivity contribution is -0.144. The number of aryl methyl sites for hydroxylation is 1. The van der Waals surface area contributed by atoms with Crippen LogP contribution < -0.4 is 5.32 Å². The number of aliphatic carboxylic acids is 2. The summed E-state index contributed by atoms with van der Waals surface area (Å²) in [6.07, 6.45) is -0.551. The molecule has 0 spiro atoms. The van der Waals surface area contributed by atoms with E-state index in [1.165, 1.54) is 11.3 Å². The highest BCUT2D eigenvalue weighted by molar-refractivity contribution is 7.17. The van der Waals surface area contributed by atoms with Crippen LogP contribution in [0.5, 0.6) is 0 Å². The number of thiophene rings is 1. The van der Waals surface area contributed by atoms with Crippen molar-refractivity contribution < 1.29 is 19.8 Å². The van der Waals surface area contributed by atoms with Gasteiger partial charge in [0.25, 0.3) is 0 Å². The molecule has 0 fully saturated rings. The predicted octanol–water partition coefficient (Wildman–Crippen LogP) is 3.01. The third-order valence-corrected chi connectivity index (χ3v) is 4.49. The van der Waals surface area contributed by atoms with Gasteiger partial charge in [-0.3, -0.25) is 4.79 Å². The van der Waals surface area contributed by atoms with Gasteiger partial charge in [0.2, 0.25) is 0 Å². The lowest BCUT2D eigenvalue weighted by atomic mass is 10.1. The summed E-state index contributed by atoms with van der Waals surface area (Å²) in [5, 5.41) is 23.6. The van der Waals surface area contributed by atoms with Crippen molar-refractivity contribution in [3.8, 4) is 11.1 Å². The van der Waals surface area contributed by atoms with Gasteiger partial charge < -0.3 is 15.5 Å². The molecule has 2 aromatic heterocycles. The topological polar surface area (TPSA) is 112 Å². The molecular formula is C17H15N3O4S. The van der Waals surface area contributed by atoms with Crippen LogP contribution in [0.15, 0.2) is 35.7 Å². The Kier molecular flexibility index (Phi) is 4.62. The molecule has 2 heterocycles. The number of nitrogens with zero attached hydrogens (tertiary/aromatic N) is 2. The van der Waals surface area contributed by atoms with Crippen molar-refractivity contribution in [2.24, 2.45) is 0 Å². The Morgan fingerprint density at radius 2 is 1.92 bits per heavy atom. The fourth-order valence-electron chi connectivity index (χ4n) is 2.52. The van der Waals surface area contributed by atoms with Gasteiger partial charge in [0.05, 0.1) is 11.8 Å². The second-order valence-electron chi connectivity index (χ2n) is 5.45. The third-order valence-electron chi connectivity index (χ3n) is 3.62. The minimum Gasteiger partial charge on any atom is -0.481 e. The Bertz CT molecular complexity index is 940. The Morgan fingerprint density at radius 3 is 2.56 bits per heavy atom. The number of fused-ring (bicyclic) bond motifs is 1. The van der Waals surface area contributed by atoms with E-state index in [1.54, 1.807) is 6.92 Å². The molecule has 3 aromatic rings. The van der Waals surface area contributed by atoms with Gasteiger partial charge in [-0.25, -0.2) is 14.8 Å². The van der Waals surface area contributed by atoms with E-state index in [9.17, 15) is 14.7 Å². The first kappa shape index (κ1) is 16.8. The molecule has 0 saturated carbocycles. The maximum Gasteiger partial charge on any atom is 0.326 e. The fourth-order valence-corrected chi connectivity index (χ4v) is 3.52. The number of carbonyl (C=O) groups is 2. The maximum absolute atomic E-state index is 11.4. The number of aromatic nitrogens is 2. The summed E-state index contributed by atoms with van der Waals surface area (Å²) in [6.45, 7) is 1.71. The molecule has 3 N–H and O–H groups in total. The lowest BCUT2D eigenvalue weighted by Crippen LogP contribution is -2.32. The zero-order chi connectivity index (χ0) is 18.0. The summed E-state index contributed by atoms with van der Waals surface area (Å²) in [4.78, 5) is 31.8. The number of anilines is 1. The molecular weight excluding hydrogens is 342 g/mol. The minimum absolute atomic E-state index is 0.330. The predicted molar refractivity (Wildman–Crippen MR) is 94.9 cm³/mol. The van der Waals surface area contributed by atoms with Crippen molar-refractivity contribution in [2.75, 3.05) is 5.32 Å². The monoisotopic (exact) mass is 357 g/mol. The molecule has 1 unspecified atom stereocenters. The Balaban J connectivity index is 2.12. The van der Waals surface area contributed by atoms with E-state index in [0.717, 1.165) is 11.1 Å². The molecule has 0 bridgehead atoms. The smallest absolute Gasteiger partial charge is 0.326 e. The van der Waals surface area contributed by atoms with Gasteiger partial charge in [0, 0.05) is 10.9 Å². The average Bonchev–Trinajstić information content (AvgIpc) is 2.98. The van der Waals surface area contributed by atoms with Gasteiger partial charge in [0.15, 0.2) is 0 Å². The zero-order valence-electron chi connectivity index (χ0n) is 13.3. The molecule has 0 saturated heterocycles. The fraction of sp³-hybridized carbons (Fsp3) is 0.176. The first-order valence-electron chi connectivity index (χ1n) is 7.48. The van der Waals surface area contributed by atoms with E-state index < -0.39 is 24.4 Å². The molecule has 25 heavy (non-hydrogen) atoms. The molecule has 0 amide bonds. The number of hydrogen-bond donors (Lipinski definition) is 3. The molecule has 0 aliphatic heterocycles. The Hall–Kier alpha value is -3.00. The number of nitrogens with one attached hydrogen (secondary N) is 1. The van der Waals surface area contributed by atoms with Crippen LogP contribution in [0, 0.1) is 6.92 Å². The zero-order valence-corrected chi connectivity index (χ0v) is 14.1. The number of benzene rings is 1. The average molecular weight is 357 g/mol. The summed E-state index contributed by atoms with van der Waals surface area (Å²) in [5.74, 6) is -1.63. The first-order valence-corrected chi connectivity index (χ1v) is 8.36. The van der Waals surface area contributed by atoms with Crippen LogP contribution in [-0.4, -0.2) is 38.2 Å². The number of hydrogen-bond acceptors (Lipinski definition) is 6. The summed E-state index contributed by atoms with van der Waals surface area (Å²) in [7, 11) is 0. The Morgan fingerprint density at radius 1 is 1.20 bits per heavy atom. The molecule has 0 aliphatic rings. The molecule has 0 radical (unpaired) electrons. The third kappa shape index (κ3) is 3.58. The van der Waals surface area contributed by atoms with Gasteiger partial charge in [-0.1, -0.05) is 30.3 Å². The van der Waals surface area contributed by atoms with E-state index in [4.69, 9.17) is 5.11 Å². The van der Waals surface area contributed by atoms with Crippen molar-refractivity contribution in [2.45, 2.75) is 19.4 Å². The van der Waals surface area contributed by atoms with Crippen molar-refractivity contribution in [1.29, 1.82) is 0 Å². The standard InChI is InChI=1S/C17H15N3O4S/c1-9-18-15(20-12(17(23)24)7-13(21)22)14-11(8-25-16(14)19-9)10-5-3-2-4-6-10/h2-6,8,12H,7H2,1H3,(H,21,22)(H,23,24)(H,18,19,20). The van der Waals surface area contributed by atoms with Crippen LogP contribution in [-0.2, 0) is 9.59 Å². The van der Waals surface area contributed by atoms with Crippen molar-refractivity contribution in [3.63, 3.8) is 0 Å². The van der Waals surface area contributed by atoms with Crippen LogP contribution in [0.2, 0.25) is 0 Å². The van der Waals surface area contributed by atoms with Gasteiger partial charge in [-0.2, -0.15) is 0 Å². The van der Waals surface area contributed by atoms with Gasteiger partial charge in [-0.15, -0.1) is 11.3 Å². The SMILES string of the molecule is Cc1nc(NC(CC(=O)O)C(=O)O)c2c(-c3ccccc3)csc2n1. The molecule has 1 aromatic carbocycles. The Labute approximate surface area is 147 Å². The van der Waals surface area contributed by atoms with Crippen molar-refractivity contribution in [1.82, 2.24) is 9.97 Å². The molecule has 3 rings (SSSR count).